The molecule has 0 radical (unpaired) electrons. The quantitative estimate of drug-likeness (QED) is 0.748. The lowest BCUT2D eigenvalue weighted by molar-refractivity contribution is 0.847. The van der Waals surface area contributed by atoms with Crippen LogP contribution in [0.15, 0.2) is 36.8 Å². The van der Waals surface area contributed by atoms with E-state index in [4.69, 9.17) is 5.73 Å². The first kappa shape index (κ1) is 9.54. The van der Waals surface area contributed by atoms with Gasteiger partial charge in [-0.05, 0) is 18.2 Å². The molecule has 0 aliphatic rings. The molecule has 2 aromatic heterocycles. The van der Waals surface area contributed by atoms with Crippen molar-refractivity contribution in [2.24, 2.45) is 0 Å². The van der Waals surface area contributed by atoms with Crippen LogP contribution in [0.25, 0.3) is 5.82 Å². The predicted octanol–water partition coefficient (Wildman–Crippen LogP) is 1.27. The van der Waals surface area contributed by atoms with Crippen LogP contribution in [0.5, 0.6) is 0 Å². The fraction of sp³-hybridized carbons (Fsp3) is 0. The highest BCUT2D eigenvalue weighted by Gasteiger charge is 1.94. The smallest absolute Gasteiger partial charge is 0.153 e. The Morgan fingerprint density at radius 2 is 2.15 bits per heavy atom. The van der Waals surface area contributed by atoms with E-state index in [2.05, 4.69) is 10.1 Å². The summed E-state index contributed by atoms with van der Waals surface area (Å²) < 4.78 is 1.68. The van der Waals surface area contributed by atoms with Crippen LogP contribution in [-0.4, -0.2) is 14.8 Å². The highest BCUT2D eigenvalue weighted by Crippen LogP contribution is 2.04. The third-order valence-corrected chi connectivity index (χ3v) is 1.51. The maximum Gasteiger partial charge on any atom is 0.153 e. The standard InChI is InChI=1S/C8H8N4.ClH/c9-7-2-3-8(10-6-7)12-5-1-4-11-12;/h1-6H,9H2;1H. The van der Waals surface area contributed by atoms with Crippen molar-refractivity contribution in [1.29, 1.82) is 0 Å². The van der Waals surface area contributed by atoms with Crippen LogP contribution in [0.2, 0.25) is 0 Å². The molecule has 0 saturated heterocycles. The van der Waals surface area contributed by atoms with Gasteiger partial charge < -0.3 is 5.73 Å². The zero-order valence-electron chi connectivity index (χ0n) is 6.79. The molecular formula is C8H9ClN4. The summed E-state index contributed by atoms with van der Waals surface area (Å²) in [5.74, 6) is 0.772. The second kappa shape index (κ2) is 3.91. The lowest BCUT2D eigenvalue weighted by Gasteiger charge is -1.98. The largest absolute Gasteiger partial charge is 0.397 e. The number of pyridine rings is 1. The van der Waals surface area contributed by atoms with E-state index < -0.39 is 0 Å². The van der Waals surface area contributed by atoms with Crippen molar-refractivity contribution < 1.29 is 0 Å². The molecule has 0 bridgehead atoms. The van der Waals surface area contributed by atoms with Crippen LogP contribution >= 0.6 is 12.4 Å². The average molecular weight is 197 g/mol. The number of anilines is 1. The average Bonchev–Trinajstić information content (AvgIpc) is 2.58. The van der Waals surface area contributed by atoms with Crippen LogP contribution in [0.4, 0.5) is 5.69 Å². The third kappa shape index (κ3) is 1.97. The van der Waals surface area contributed by atoms with Gasteiger partial charge in [-0.15, -0.1) is 12.4 Å². The van der Waals surface area contributed by atoms with Gasteiger partial charge >= 0.3 is 0 Å². The molecule has 0 fully saturated rings. The van der Waals surface area contributed by atoms with E-state index in [0.717, 1.165) is 5.82 Å². The maximum absolute atomic E-state index is 5.49. The molecule has 4 nitrogen and oxygen atoms in total. The van der Waals surface area contributed by atoms with Crippen molar-refractivity contribution in [3.63, 3.8) is 0 Å². The van der Waals surface area contributed by atoms with E-state index in [1.165, 1.54) is 0 Å². The van der Waals surface area contributed by atoms with Gasteiger partial charge in [-0.25, -0.2) is 9.67 Å². The van der Waals surface area contributed by atoms with Crippen molar-refractivity contribution in [2.45, 2.75) is 0 Å². The van der Waals surface area contributed by atoms with Gasteiger partial charge in [-0.1, -0.05) is 0 Å². The summed E-state index contributed by atoms with van der Waals surface area (Å²) in [7, 11) is 0. The van der Waals surface area contributed by atoms with Gasteiger partial charge in [0.1, 0.15) is 0 Å². The van der Waals surface area contributed by atoms with Crippen LogP contribution in [-0.2, 0) is 0 Å². The van der Waals surface area contributed by atoms with Crippen molar-refractivity contribution in [3.8, 4) is 5.82 Å². The zero-order valence-corrected chi connectivity index (χ0v) is 7.61. The number of nitrogens with zero attached hydrogens (tertiary/aromatic N) is 3. The van der Waals surface area contributed by atoms with Crippen molar-refractivity contribution in [3.05, 3.63) is 36.8 Å². The van der Waals surface area contributed by atoms with Gasteiger partial charge in [0.2, 0.25) is 0 Å². The molecule has 2 rings (SSSR count). The molecule has 2 aromatic rings. The first-order valence-corrected chi connectivity index (χ1v) is 3.58. The number of hydrogen-bond acceptors (Lipinski definition) is 3. The second-order valence-electron chi connectivity index (χ2n) is 2.40. The zero-order chi connectivity index (χ0) is 8.39. The van der Waals surface area contributed by atoms with E-state index in [1.54, 1.807) is 23.1 Å². The molecule has 0 aromatic carbocycles. The number of hydrogen-bond donors (Lipinski definition) is 1. The molecule has 0 atom stereocenters. The Kier molecular flexibility index (Phi) is 2.87. The number of rotatable bonds is 1. The van der Waals surface area contributed by atoms with E-state index in [-0.39, 0.29) is 12.4 Å². The SMILES string of the molecule is Cl.Nc1ccc(-n2cccn2)nc1. The molecule has 0 aliphatic heterocycles. The van der Waals surface area contributed by atoms with Gasteiger partial charge in [0.15, 0.2) is 5.82 Å². The highest BCUT2D eigenvalue weighted by atomic mass is 35.5. The fourth-order valence-electron chi connectivity index (χ4n) is 0.937. The molecular weight excluding hydrogens is 188 g/mol. The Balaban J connectivity index is 0.000000845. The minimum Gasteiger partial charge on any atom is -0.397 e. The molecule has 0 amide bonds. The van der Waals surface area contributed by atoms with Crippen LogP contribution in [0.3, 0.4) is 0 Å². The molecule has 2 heterocycles. The van der Waals surface area contributed by atoms with Crippen molar-refractivity contribution >= 4 is 18.1 Å². The van der Waals surface area contributed by atoms with Gasteiger partial charge in [-0.2, -0.15) is 5.10 Å². The van der Waals surface area contributed by atoms with Crippen LogP contribution < -0.4 is 5.73 Å². The van der Waals surface area contributed by atoms with E-state index >= 15 is 0 Å². The van der Waals surface area contributed by atoms with Crippen LogP contribution in [0.1, 0.15) is 0 Å². The second-order valence-corrected chi connectivity index (χ2v) is 2.40. The highest BCUT2D eigenvalue weighted by molar-refractivity contribution is 5.85. The third-order valence-electron chi connectivity index (χ3n) is 1.51. The minimum absolute atomic E-state index is 0. The lowest BCUT2D eigenvalue weighted by atomic mass is 10.4. The molecule has 0 spiro atoms. The number of nitrogens with two attached hydrogens (primary N) is 1. The molecule has 5 heteroatoms. The summed E-state index contributed by atoms with van der Waals surface area (Å²) in [4.78, 5) is 4.10. The fourth-order valence-corrected chi connectivity index (χ4v) is 0.937. The summed E-state index contributed by atoms with van der Waals surface area (Å²) in [6, 6.07) is 5.46. The Morgan fingerprint density at radius 3 is 2.69 bits per heavy atom. The van der Waals surface area contributed by atoms with Gasteiger partial charge in [-0.3, -0.25) is 0 Å². The van der Waals surface area contributed by atoms with Gasteiger partial charge in [0.05, 0.1) is 11.9 Å². The molecule has 2 N–H and O–H groups in total. The summed E-state index contributed by atoms with van der Waals surface area (Å²) >= 11 is 0. The topological polar surface area (TPSA) is 56.7 Å². The van der Waals surface area contributed by atoms with Gasteiger partial charge in [0, 0.05) is 12.4 Å². The van der Waals surface area contributed by atoms with Gasteiger partial charge in [0.25, 0.3) is 0 Å². The predicted molar refractivity (Wildman–Crippen MR) is 53.0 cm³/mol. The number of aromatic nitrogens is 3. The summed E-state index contributed by atoms with van der Waals surface area (Å²) in [5, 5.41) is 4.03. The van der Waals surface area contributed by atoms with E-state index in [1.807, 2.05) is 18.3 Å². The Hall–Kier alpha value is -1.55. The molecule has 68 valence electrons. The number of halogens is 1. The van der Waals surface area contributed by atoms with Crippen molar-refractivity contribution in [1.82, 2.24) is 14.8 Å². The van der Waals surface area contributed by atoms with E-state index in [9.17, 15) is 0 Å². The molecule has 0 unspecified atom stereocenters. The number of nitrogen functional groups attached to an aromatic ring is 1. The van der Waals surface area contributed by atoms with E-state index in [0.29, 0.717) is 5.69 Å². The Labute approximate surface area is 81.8 Å². The molecule has 0 saturated carbocycles. The Bertz CT molecular complexity index is 354. The Morgan fingerprint density at radius 1 is 1.31 bits per heavy atom. The van der Waals surface area contributed by atoms with Crippen molar-refractivity contribution in [2.75, 3.05) is 5.73 Å². The first-order chi connectivity index (χ1) is 5.86. The summed E-state index contributed by atoms with van der Waals surface area (Å²) in [5.41, 5.74) is 6.15. The first-order valence-electron chi connectivity index (χ1n) is 3.58. The molecule has 13 heavy (non-hydrogen) atoms. The maximum atomic E-state index is 5.49. The summed E-state index contributed by atoms with van der Waals surface area (Å²) in [6.07, 6.45) is 5.15. The minimum atomic E-state index is 0. The normalized spacial score (nSPS) is 9.23. The van der Waals surface area contributed by atoms with Crippen LogP contribution in [0, 0.1) is 0 Å². The summed E-state index contributed by atoms with van der Waals surface area (Å²) in [6.45, 7) is 0. The monoisotopic (exact) mass is 196 g/mol. The molecule has 0 aliphatic carbocycles. The lowest BCUT2D eigenvalue weighted by Crippen LogP contribution is -1.97.